The molecule has 0 unspecified atom stereocenters. The molecule has 0 amide bonds. The lowest BCUT2D eigenvalue weighted by molar-refractivity contribution is 0.0527. The monoisotopic (exact) mass is 388 g/mol. The molecule has 1 heterocycles. The maximum absolute atomic E-state index is 14.0. The molecule has 0 saturated heterocycles. The Morgan fingerprint density at radius 2 is 2.07 bits per heavy atom. The molecule has 0 aliphatic carbocycles. The van der Waals surface area contributed by atoms with Gasteiger partial charge in [0.1, 0.15) is 17.1 Å². The van der Waals surface area contributed by atoms with Gasteiger partial charge in [-0.2, -0.15) is 0 Å². The number of halogens is 2. The summed E-state index contributed by atoms with van der Waals surface area (Å²) in [5.74, 6) is -0.447. The van der Waals surface area contributed by atoms with Crippen LogP contribution in [0.5, 0.6) is 5.75 Å². The van der Waals surface area contributed by atoms with Crippen LogP contribution in [0.25, 0.3) is 10.9 Å². The number of aryl methyl sites for hydroxylation is 1. The van der Waals surface area contributed by atoms with Crippen LogP contribution in [0.3, 0.4) is 0 Å². The number of methoxy groups -OCH3 is 1. The first-order chi connectivity index (χ1) is 12.9. The second kappa shape index (κ2) is 7.80. The highest BCUT2D eigenvalue weighted by Gasteiger charge is 2.19. The molecule has 3 aromatic rings. The molecule has 3 rings (SSSR count). The zero-order valence-corrected chi connectivity index (χ0v) is 15.9. The Balaban J connectivity index is 2.21. The van der Waals surface area contributed by atoms with Crippen molar-refractivity contribution in [2.24, 2.45) is 0 Å². The van der Waals surface area contributed by atoms with Gasteiger partial charge in [0.25, 0.3) is 0 Å². The van der Waals surface area contributed by atoms with Crippen LogP contribution in [0.2, 0.25) is 5.02 Å². The SMILES string of the molecule is CCOC(=O)c1cnc2cc(Cl)c(OC)cc2c1Nc1ccc(C)c(F)c1. The molecule has 0 radical (unpaired) electrons. The van der Waals surface area contributed by atoms with Gasteiger partial charge in [-0.05, 0) is 43.7 Å². The predicted molar refractivity (Wildman–Crippen MR) is 104 cm³/mol. The van der Waals surface area contributed by atoms with Gasteiger partial charge in [0.15, 0.2) is 0 Å². The van der Waals surface area contributed by atoms with Gasteiger partial charge in [-0.15, -0.1) is 0 Å². The number of aromatic nitrogens is 1. The molecule has 27 heavy (non-hydrogen) atoms. The molecule has 7 heteroatoms. The standard InChI is InChI=1S/C20H18ClFN2O3/c1-4-27-20(25)14-10-23-17-9-15(21)18(26-3)8-13(17)19(14)24-12-6-5-11(2)16(22)7-12/h5-10H,4H2,1-3H3,(H,23,24). The third kappa shape index (κ3) is 3.80. The number of nitrogens with one attached hydrogen (secondary N) is 1. The van der Waals surface area contributed by atoms with Crippen molar-refractivity contribution in [2.75, 3.05) is 19.0 Å². The van der Waals surface area contributed by atoms with E-state index < -0.39 is 5.97 Å². The number of benzene rings is 2. The van der Waals surface area contributed by atoms with Crippen molar-refractivity contribution in [1.29, 1.82) is 0 Å². The number of hydrogen-bond donors (Lipinski definition) is 1. The molecule has 1 N–H and O–H groups in total. The minimum atomic E-state index is -0.532. The number of ether oxygens (including phenoxy) is 2. The summed E-state index contributed by atoms with van der Waals surface area (Å²) in [6, 6.07) is 8.07. The van der Waals surface area contributed by atoms with Crippen molar-refractivity contribution >= 4 is 39.8 Å². The second-order valence-corrected chi connectivity index (χ2v) is 6.27. The van der Waals surface area contributed by atoms with Gasteiger partial charge in [-0.25, -0.2) is 9.18 Å². The molecule has 1 aromatic heterocycles. The van der Waals surface area contributed by atoms with Gasteiger partial charge in [0.05, 0.1) is 29.9 Å². The Hall–Kier alpha value is -2.86. The number of carbonyl (C=O) groups is 1. The number of fused-ring (bicyclic) bond motifs is 1. The Morgan fingerprint density at radius 1 is 1.30 bits per heavy atom. The van der Waals surface area contributed by atoms with E-state index in [4.69, 9.17) is 21.1 Å². The Labute approximate surface area is 161 Å². The van der Waals surface area contributed by atoms with Gasteiger partial charge in [0, 0.05) is 17.3 Å². The number of esters is 1. The van der Waals surface area contributed by atoms with E-state index in [0.717, 1.165) is 0 Å². The first-order valence-electron chi connectivity index (χ1n) is 8.31. The van der Waals surface area contributed by atoms with Crippen LogP contribution in [0, 0.1) is 12.7 Å². The first kappa shape index (κ1) is 18.9. The van der Waals surface area contributed by atoms with Crippen LogP contribution < -0.4 is 10.1 Å². The van der Waals surface area contributed by atoms with Crippen molar-refractivity contribution in [3.8, 4) is 5.75 Å². The molecule has 0 aliphatic heterocycles. The van der Waals surface area contributed by atoms with E-state index in [-0.39, 0.29) is 18.0 Å². The Bertz CT molecular complexity index is 1020. The summed E-state index contributed by atoms with van der Waals surface area (Å²) in [4.78, 5) is 16.7. The zero-order valence-electron chi connectivity index (χ0n) is 15.1. The summed E-state index contributed by atoms with van der Waals surface area (Å²) in [6.45, 7) is 3.62. The van der Waals surface area contributed by atoms with Crippen LogP contribution >= 0.6 is 11.6 Å². The Morgan fingerprint density at radius 3 is 2.74 bits per heavy atom. The van der Waals surface area contributed by atoms with Gasteiger partial charge in [-0.3, -0.25) is 4.98 Å². The van der Waals surface area contributed by atoms with Gasteiger partial charge in [-0.1, -0.05) is 17.7 Å². The predicted octanol–water partition coefficient (Wildman–Crippen LogP) is 5.26. The molecule has 0 spiro atoms. The van der Waals surface area contributed by atoms with Crippen molar-refractivity contribution in [3.63, 3.8) is 0 Å². The van der Waals surface area contributed by atoms with Crippen molar-refractivity contribution in [3.05, 3.63) is 58.5 Å². The molecule has 140 valence electrons. The third-order valence-electron chi connectivity index (χ3n) is 4.08. The molecule has 0 aliphatic rings. The quantitative estimate of drug-likeness (QED) is 0.604. The molecule has 2 aromatic carbocycles. The summed E-state index contributed by atoms with van der Waals surface area (Å²) in [7, 11) is 1.50. The normalized spacial score (nSPS) is 10.7. The van der Waals surface area contributed by atoms with E-state index in [2.05, 4.69) is 10.3 Å². The van der Waals surface area contributed by atoms with Crippen LogP contribution in [0.4, 0.5) is 15.8 Å². The number of nitrogens with zero attached hydrogens (tertiary/aromatic N) is 1. The average Bonchev–Trinajstić information content (AvgIpc) is 2.64. The van der Waals surface area contributed by atoms with E-state index in [1.54, 1.807) is 38.1 Å². The molecule has 0 atom stereocenters. The number of rotatable bonds is 5. The molecule has 0 bridgehead atoms. The summed E-state index contributed by atoms with van der Waals surface area (Å²) in [5, 5.41) is 4.11. The summed E-state index contributed by atoms with van der Waals surface area (Å²) in [6.07, 6.45) is 1.41. The smallest absolute Gasteiger partial charge is 0.341 e. The average molecular weight is 389 g/mol. The molecular weight excluding hydrogens is 371 g/mol. The lowest BCUT2D eigenvalue weighted by atomic mass is 10.1. The minimum Gasteiger partial charge on any atom is -0.495 e. The summed E-state index contributed by atoms with van der Waals surface area (Å²) in [5.41, 5.74) is 2.25. The number of hydrogen-bond acceptors (Lipinski definition) is 5. The van der Waals surface area contributed by atoms with Gasteiger partial charge in [0.2, 0.25) is 0 Å². The molecule has 0 saturated carbocycles. The number of carbonyl (C=O) groups excluding carboxylic acids is 1. The highest BCUT2D eigenvalue weighted by molar-refractivity contribution is 6.33. The van der Waals surface area contributed by atoms with E-state index in [0.29, 0.717) is 38.6 Å². The van der Waals surface area contributed by atoms with Crippen molar-refractivity contribution in [2.45, 2.75) is 13.8 Å². The molecular formula is C20H18ClFN2O3. The lowest BCUT2D eigenvalue weighted by Crippen LogP contribution is -2.09. The molecule has 5 nitrogen and oxygen atoms in total. The fourth-order valence-corrected chi connectivity index (χ4v) is 2.90. The van der Waals surface area contributed by atoms with E-state index in [9.17, 15) is 9.18 Å². The van der Waals surface area contributed by atoms with Crippen LogP contribution in [0.1, 0.15) is 22.8 Å². The van der Waals surface area contributed by atoms with Gasteiger partial charge < -0.3 is 14.8 Å². The van der Waals surface area contributed by atoms with Gasteiger partial charge >= 0.3 is 5.97 Å². The Kier molecular flexibility index (Phi) is 5.46. The molecule has 0 fully saturated rings. The third-order valence-corrected chi connectivity index (χ3v) is 4.37. The second-order valence-electron chi connectivity index (χ2n) is 5.86. The lowest BCUT2D eigenvalue weighted by Gasteiger charge is -2.15. The fourth-order valence-electron chi connectivity index (χ4n) is 2.66. The largest absolute Gasteiger partial charge is 0.495 e. The topological polar surface area (TPSA) is 60.5 Å². The van der Waals surface area contributed by atoms with Crippen LogP contribution in [-0.2, 0) is 4.74 Å². The summed E-state index contributed by atoms with van der Waals surface area (Å²) >= 11 is 6.18. The highest BCUT2D eigenvalue weighted by Crippen LogP contribution is 2.36. The van der Waals surface area contributed by atoms with Crippen LogP contribution in [-0.4, -0.2) is 24.7 Å². The maximum Gasteiger partial charge on any atom is 0.341 e. The maximum atomic E-state index is 14.0. The number of pyridine rings is 1. The van der Waals surface area contributed by atoms with E-state index in [1.807, 2.05) is 0 Å². The minimum absolute atomic E-state index is 0.222. The number of anilines is 2. The summed E-state index contributed by atoms with van der Waals surface area (Å²) < 4.78 is 24.4. The van der Waals surface area contributed by atoms with Crippen LogP contribution in [0.15, 0.2) is 36.5 Å². The highest BCUT2D eigenvalue weighted by atomic mass is 35.5. The zero-order chi connectivity index (χ0) is 19.6. The van der Waals surface area contributed by atoms with E-state index >= 15 is 0 Å². The first-order valence-corrected chi connectivity index (χ1v) is 8.69. The van der Waals surface area contributed by atoms with Crippen molar-refractivity contribution in [1.82, 2.24) is 4.98 Å². The van der Waals surface area contributed by atoms with Crippen molar-refractivity contribution < 1.29 is 18.7 Å². The fraction of sp³-hybridized carbons (Fsp3) is 0.200. The van der Waals surface area contributed by atoms with E-state index in [1.165, 1.54) is 19.4 Å².